The van der Waals surface area contributed by atoms with Gasteiger partial charge in [0.25, 0.3) is 0 Å². The molecule has 1 aromatic heterocycles. The van der Waals surface area contributed by atoms with Crippen LogP contribution in [-0.2, 0) is 11.2 Å². The van der Waals surface area contributed by atoms with Gasteiger partial charge in [-0.3, -0.25) is 4.79 Å². The van der Waals surface area contributed by atoms with Crippen LogP contribution < -0.4 is 10.6 Å². The van der Waals surface area contributed by atoms with E-state index in [4.69, 9.17) is 12.2 Å². The molecule has 4 aromatic carbocycles. The average molecular weight is 520 g/mol. The lowest BCUT2D eigenvalue weighted by Gasteiger charge is -2.18. The highest BCUT2D eigenvalue weighted by Gasteiger charge is 2.23. The number of thiocarbonyl (C=S) groups is 1. The lowest BCUT2D eigenvalue weighted by atomic mass is 9.90. The van der Waals surface area contributed by atoms with Crippen molar-refractivity contribution >= 4 is 40.0 Å². The van der Waals surface area contributed by atoms with E-state index in [1.807, 2.05) is 91.0 Å². The molecule has 5 rings (SSSR count). The minimum Gasteiger partial charge on any atom is -0.332 e. The highest BCUT2D eigenvalue weighted by molar-refractivity contribution is 7.80. The van der Waals surface area contributed by atoms with Crippen molar-refractivity contribution in [1.82, 2.24) is 20.3 Å². The van der Waals surface area contributed by atoms with Crippen molar-refractivity contribution in [3.05, 3.63) is 120 Å². The Morgan fingerprint density at radius 2 is 1.47 bits per heavy atom. The number of hydrogen-bond acceptors (Lipinski definition) is 4. The number of anilines is 1. The number of fused-ring (bicyclic) bond motifs is 1. The van der Waals surface area contributed by atoms with Gasteiger partial charge in [0.15, 0.2) is 5.11 Å². The van der Waals surface area contributed by atoms with Crippen LogP contribution in [0, 0.1) is 0 Å². The largest absolute Gasteiger partial charge is 0.332 e. The predicted octanol–water partition coefficient (Wildman–Crippen LogP) is 6.41. The van der Waals surface area contributed by atoms with E-state index in [0.717, 1.165) is 40.0 Å². The normalized spacial score (nSPS) is 11.0. The van der Waals surface area contributed by atoms with Gasteiger partial charge in [0.2, 0.25) is 5.91 Å². The van der Waals surface area contributed by atoms with Crippen molar-refractivity contribution in [3.8, 4) is 5.69 Å². The summed E-state index contributed by atoms with van der Waals surface area (Å²) in [6, 6.07) is 33.4. The van der Waals surface area contributed by atoms with Gasteiger partial charge in [0.05, 0.1) is 11.6 Å². The third-order valence-corrected chi connectivity index (χ3v) is 6.59. The maximum absolute atomic E-state index is 13.3. The third-order valence-electron chi connectivity index (χ3n) is 6.39. The summed E-state index contributed by atoms with van der Waals surface area (Å²) >= 11 is 5.49. The zero-order valence-corrected chi connectivity index (χ0v) is 22.0. The third kappa shape index (κ3) is 5.95. The van der Waals surface area contributed by atoms with Gasteiger partial charge in [0, 0.05) is 5.69 Å². The van der Waals surface area contributed by atoms with Crippen LogP contribution in [0.4, 0.5) is 5.69 Å². The van der Waals surface area contributed by atoms with Gasteiger partial charge >= 0.3 is 0 Å². The van der Waals surface area contributed by atoms with Crippen LogP contribution in [0.2, 0.25) is 0 Å². The lowest BCUT2D eigenvalue weighted by Crippen LogP contribution is -2.37. The van der Waals surface area contributed by atoms with Crippen molar-refractivity contribution in [2.45, 2.75) is 32.1 Å². The first-order chi connectivity index (χ1) is 18.6. The van der Waals surface area contributed by atoms with Gasteiger partial charge in [-0.2, -0.15) is 4.80 Å². The number of hydrogen-bond donors (Lipinski definition) is 2. The van der Waals surface area contributed by atoms with E-state index in [1.54, 1.807) is 4.80 Å². The Bertz CT molecular complexity index is 1490. The Morgan fingerprint density at radius 1 is 0.842 bits per heavy atom. The average Bonchev–Trinajstić information content (AvgIpc) is 3.37. The standard InChI is InChI=1S/C31H29N5OS/c1-2-3-10-22-15-18-26(19-16-22)36-34-27-20-17-25(21-28(27)35-36)32-31(38)33-30(37)29(23-11-6-4-7-12-23)24-13-8-5-9-14-24/h4-9,11-21,29H,2-3,10H2,1H3,(H2,32,33,37,38). The smallest absolute Gasteiger partial charge is 0.238 e. The van der Waals surface area contributed by atoms with Crippen molar-refractivity contribution < 1.29 is 4.79 Å². The van der Waals surface area contributed by atoms with Crippen LogP contribution in [0.1, 0.15) is 42.4 Å². The number of nitrogens with one attached hydrogen (secondary N) is 2. The van der Waals surface area contributed by atoms with Gasteiger partial charge < -0.3 is 10.6 Å². The molecule has 0 atom stereocenters. The molecule has 0 saturated heterocycles. The highest BCUT2D eigenvalue weighted by Crippen LogP contribution is 2.25. The second-order valence-electron chi connectivity index (χ2n) is 9.16. The number of unbranched alkanes of at least 4 members (excludes halogenated alkanes) is 1. The van der Waals surface area contributed by atoms with Crippen LogP contribution in [0.15, 0.2) is 103 Å². The summed E-state index contributed by atoms with van der Waals surface area (Å²) < 4.78 is 0. The summed E-state index contributed by atoms with van der Waals surface area (Å²) in [6.45, 7) is 2.20. The number of carbonyl (C=O) groups excluding carboxylic acids is 1. The Balaban J connectivity index is 1.29. The molecule has 6 nitrogen and oxygen atoms in total. The molecule has 2 N–H and O–H groups in total. The molecule has 190 valence electrons. The van der Waals surface area contributed by atoms with Crippen molar-refractivity contribution in [2.75, 3.05) is 5.32 Å². The molecule has 0 saturated carbocycles. The van der Waals surface area contributed by atoms with E-state index in [2.05, 4.69) is 39.9 Å². The molecule has 0 fully saturated rings. The maximum Gasteiger partial charge on any atom is 0.238 e. The van der Waals surface area contributed by atoms with E-state index < -0.39 is 5.92 Å². The fraction of sp³-hybridized carbons (Fsp3) is 0.161. The molecule has 0 aliphatic rings. The summed E-state index contributed by atoms with van der Waals surface area (Å²) in [6.07, 6.45) is 3.44. The van der Waals surface area contributed by atoms with Gasteiger partial charge in [-0.15, -0.1) is 10.2 Å². The first-order valence-corrected chi connectivity index (χ1v) is 13.2. The van der Waals surface area contributed by atoms with Crippen molar-refractivity contribution in [1.29, 1.82) is 0 Å². The second-order valence-corrected chi connectivity index (χ2v) is 9.57. The molecular formula is C31H29N5OS. The molecular weight excluding hydrogens is 490 g/mol. The SMILES string of the molecule is CCCCc1ccc(-n2nc3ccc(NC(=S)NC(=O)C(c4ccccc4)c4ccccc4)cc3n2)cc1. The van der Waals surface area contributed by atoms with E-state index in [-0.39, 0.29) is 11.0 Å². The number of aryl methyl sites for hydroxylation is 1. The van der Waals surface area contributed by atoms with Crippen LogP contribution in [0.25, 0.3) is 16.7 Å². The summed E-state index contributed by atoms with van der Waals surface area (Å²) in [4.78, 5) is 15.0. The molecule has 0 radical (unpaired) electrons. The van der Waals surface area contributed by atoms with Crippen molar-refractivity contribution in [3.63, 3.8) is 0 Å². The molecule has 5 aromatic rings. The molecule has 0 aliphatic heterocycles. The predicted molar refractivity (Wildman–Crippen MR) is 157 cm³/mol. The maximum atomic E-state index is 13.3. The lowest BCUT2D eigenvalue weighted by molar-refractivity contribution is -0.120. The van der Waals surface area contributed by atoms with Crippen LogP contribution in [0.5, 0.6) is 0 Å². The van der Waals surface area contributed by atoms with Gasteiger partial charge in [-0.05, 0) is 72.1 Å². The first-order valence-electron chi connectivity index (χ1n) is 12.8. The minimum atomic E-state index is -0.479. The Morgan fingerprint density at radius 3 is 2.11 bits per heavy atom. The van der Waals surface area contributed by atoms with E-state index in [9.17, 15) is 4.79 Å². The first kappa shape index (κ1) is 25.3. The van der Waals surface area contributed by atoms with Crippen molar-refractivity contribution in [2.24, 2.45) is 0 Å². The van der Waals surface area contributed by atoms with E-state index in [0.29, 0.717) is 0 Å². The summed E-state index contributed by atoms with van der Waals surface area (Å²) in [5.74, 6) is -0.679. The number of amides is 1. The zero-order chi connectivity index (χ0) is 26.3. The summed E-state index contributed by atoms with van der Waals surface area (Å²) in [7, 11) is 0. The number of aromatic nitrogens is 3. The molecule has 1 heterocycles. The number of rotatable bonds is 8. The molecule has 0 bridgehead atoms. The Kier molecular flexibility index (Phi) is 7.85. The monoisotopic (exact) mass is 519 g/mol. The minimum absolute atomic E-state index is 0.200. The molecule has 0 spiro atoms. The molecule has 0 unspecified atom stereocenters. The Hall–Kier alpha value is -4.36. The molecule has 0 aliphatic carbocycles. The second kappa shape index (κ2) is 11.8. The van der Waals surface area contributed by atoms with Gasteiger partial charge in [0.1, 0.15) is 11.0 Å². The van der Waals surface area contributed by atoms with Crippen LogP contribution in [-0.4, -0.2) is 26.0 Å². The molecule has 7 heteroatoms. The fourth-order valence-electron chi connectivity index (χ4n) is 4.42. The number of carbonyl (C=O) groups is 1. The van der Waals surface area contributed by atoms with E-state index in [1.165, 1.54) is 18.4 Å². The molecule has 38 heavy (non-hydrogen) atoms. The van der Waals surface area contributed by atoms with Crippen LogP contribution in [0.3, 0.4) is 0 Å². The quantitative estimate of drug-likeness (QED) is 0.232. The highest BCUT2D eigenvalue weighted by atomic mass is 32.1. The molecule has 1 amide bonds. The topological polar surface area (TPSA) is 71.8 Å². The number of benzene rings is 4. The van der Waals surface area contributed by atoms with Gasteiger partial charge in [-0.25, -0.2) is 0 Å². The van der Waals surface area contributed by atoms with Crippen LogP contribution >= 0.6 is 12.2 Å². The number of nitrogens with zero attached hydrogens (tertiary/aromatic N) is 3. The van der Waals surface area contributed by atoms with E-state index >= 15 is 0 Å². The fourth-order valence-corrected chi connectivity index (χ4v) is 4.64. The van der Waals surface area contributed by atoms with Gasteiger partial charge in [-0.1, -0.05) is 86.1 Å². The summed E-state index contributed by atoms with van der Waals surface area (Å²) in [5.41, 5.74) is 6.24. The Labute approximate surface area is 227 Å². The zero-order valence-electron chi connectivity index (χ0n) is 21.2. The summed E-state index contributed by atoms with van der Waals surface area (Å²) in [5, 5.41) is 15.5.